The molecular weight excluding hydrogens is 242 g/mol. The number of ketones is 1. The van der Waals surface area contributed by atoms with E-state index in [0.29, 0.717) is 13.2 Å². The van der Waals surface area contributed by atoms with Crippen molar-refractivity contribution < 1.29 is 14.3 Å². The molecule has 0 aliphatic rings. The summed E-state index contributed by atoms with van der Waals surface area (Å²) >= 11 is 0. The van der Waals surface area contributed by atoms with Crippen molar-refractivity contribution in [3.05, 3.63) is 29.3 Å². The van der Waals surface area contributed by atoms with Gasteiger partial charge in [0.25, 0.3) is 0 Å². The van der Waals surface area contributed by atoms with E-state index in [1.165, 1.54) is 11.8 Å². The van der Waals surface area contributed by atoms with Gasteiger partial charge in [-0.15, -0.1) is 0 Å². The van der Waals surface area contributed by atoms with Crippen LogP contribution in [-0.2, 0) is 9.59 Å². The molecule has 0 aromatic heterocycles. The van der Waals surface area contributed by atoms with Gasteiger partial charge in [-0.25, -0.2) is 0 Å². The molecule has 0 fully saturated rings. The van der Waals surface area contributed by atoms with Crippen molar-refractivity contribution in [2.75, 3.05) is 20.2 Å². The largest absolute Gasteiger partial charge is 0.492 e. The molecule has 0 unspecified atom stereocenters. The second kappa shape index (κ2) is 6.92. The smallest absolute Gasteiger partial charge is 0.229 e. The number of aryl methyl sites for hydroxylation is 2. The van der Waals surface area contributed by atoms with Crippen molar-refractivity contribution in [1.82, 2.24) is 4.90 Å². The molecular formula is C15H21NO3. The fraction of sp³-hybridized carbons (Fsp3) is 0.467. The number of rotatable bonds is 6. The lowest BCUT2D eigenvalue weighted by Gasteiger charge is -2.17. The number of carbonyl (C=O) groups excluding carboxylic acids is 2. The number of likely N-dealkylation sites (N-methyl/N-ethyl adjacent to an activating group) is 1. The van der Waals surface area contributed by atoms with Gasteiger partial charge in [0.2, 0.25) is 5.91 Å². The maximum atomic E-state index is 11.6. The Kier molecular flexibility index (Phi) is 5.55. The summed E-state index contributed by atoms with van der Waals surface area (Å²) in [5.41, 5.74) is 2.30. The van der Waals surface area contributed by atoms with E-state index >= 15 is 0 Å². The van der Waals surface area contributed by atoms with Gasteiger partial charge in [0.05, 0.1) is 13.0 Å². The van der Waals surface area contributed by atoms with Crippen molar-refractivity contribution in [3.8, 4) is 5.75 Å². The number of amides is 1. The molecule has 0 heterocycles. The molecule has 0 radical (unpaired) electrons. The quantitative estimate of drug-likeness (QED) is 0.739. The summed E-state index contributed by atoms with van der Waals surface area (Å²) < 4.78 is 5.61. The van der Waals surface area contributed by atoms with Gasteiger partial charge in [0, 0.05) is 7.05 Å². The zero-order valence-corrected chi connectivity index (χ0v) is 12.0. The van der Waals surface area contributed by atoms with Gasteiger partial charge in [-0.2, -0.15) is 0 Å². The molecule has 0 aliphatic carbocycles. The van der Waals surface area contributed by atoms with Crippen molar-refractivity contribution in [1.29, 1.82) is 0 Å². The van der Waals surface area contributed by atoms with Crippen LogP contribution >= 0.6 is 0 Å². The molecule has 4 heteroatoms. The Morgan fingerprint density at radius 3 is 2.26 bits per heavy atom. The molecule has 0 aliphatic heterocycles. The van der Waals surface area contributed by atoms with Crippen LogP contribution in [0.1, 0.15) is 24.5 Å². The molecule has 1 aromatic carbocycles. The third-order valence-corrected chi connectivity index (χ3v) is 2.72. The Labute approximate surface area is 114 Å². The van der Waals surface area contributed by atoms with E-state index in [1.54, 1.807) is 7.05 Å². The van der Waals surface area contributed by atoms with Crippen LogP contribution in [0.5, 0.6) is 5.75 Å². The van der Waals surface area contributed by atoms with Crippen LogP contribution in [0.2, 0.25) is 0 Å². The van der Waals surface area contributed by atoms with Gasteiger partial charge in [-0.1, -0.05) is 6.07 Å². The van der Waals surface area contributed by atoms with E-state index in [4.69, 9.17) is 4.74 Å². The summed E-state index contributed by atoms with van der Waals surface area (Å²) in [6.07, 6.45) is -0.0416. The molecule has 0 atom stereocenters. The van der Waals surface area contributed by atoms with Crippen molar-refractivity contribution in [2.24, 2.45) is 0 Å². The zero-order chi connectivity index (χ0) is 14.4. The number of hydrogen-bond donors (Lipinski definition) is 0. The summed E-state index contributed by atoms with van der Waals surface area (Å²) in [5, 5.41) is 0. The molecule has 0 N–H and O–H groups in total. The van der Waals surface area contributed by atoms with Crippen LogP contribution in [-0.4, -0.2) is 36.8 Å². The molecule has 1 amide bonds. The molecule has 0 saturated heterocycles. The normalized spacial score (nSPS) is 10.1. The van der Waals surface area contributed by atoms with Crippen LogP contribution in [0.3, 0.4) is 0 Å². The second-order valence-corrected chi connectivity index (χ2v) is 4.87. The average Bonchev–Trinajstić information content (AvgIpc) is 2.26. The molecule has 1 aromatic rings. The average molecular weight is 263 g/mol. The van der Waals surface area contributed by atoms with Gasteiger partial charge < -0.3 is 9.64 Å². The number of carbonyl (C=O) groups is 2. The van der Waals surface area contributed by atoms with Crippen LogP contribution in [0.15, 0.2) is 18.2 Å². The van der Waals surface area contributed by atoms with E-state index in [1.807, 2.05) is 26.0 Å². The van der Waals surface area contributed by atoms with Gasteiger partial charge in [-0.05, 0) is 44.0 Å². The maximum absolute atomic E-state index is 11.6. The molecule has 1 rings (SSSR count). The molecule has 4 nitrogen and oxygen atoms in total. The molecule has 104 valence electrons. The summed E-state index contributed by atoms with van der Waals surface area (Å²) in [6.45, 7) is 6.34. The zero-order valence-electron chi connectivity index (χ0n) is 12.0. The van der Waals surface area contributed by atoms with E-state index < -0.39 is 0 Å². The molecule has 0 saturated carbocycles. The van der Waals surface area contributed by atoms with Crippen molar-refractivity contribution in [3.63, 3.8) is 0 Å². The minimum absolute atomic E-state index is 0.0416. The monoisotopic (exact) mass is 263 g/mol. The first kappa shape index (κ1) is 15.2. The highest BCUT2D eigenvalue weighted by Gasteiger charge is 2.10. The topological polar surface area (TPSA) is 46.6 Å². The lowest BCUT2D eigenvalue weighted by molar-refractivity contribution is -0.134. The highest BCUT2D eigenvalue weighted by Crippen LogP contribution is 2.15. The fourth-order valence-corrected chi connectivity index (χ4v) is 1.79. The van der Waals surface area contributed by atoms with Crippen LogP contribution in [0.4, 0.5) is 0 Å². The Morgan fingerprint density at radius 2 is 1.74 bits per heavy atom. The highest BCUT2D eigenvalue weighted by molar-refractivity contribution is 5.96. The number of ether oxygens (including phenoxy) is 1. The summed E-state index contributed by atoms with van der Waals surface area (Å²) in [6, 6.07) is 6.00. The van der Waals surface area contributed by atoms with E-state index in [0.717, 1.165) is 16.9 Å². The third kappa shape index (κ3) is 5.55. The minimum atomic E-state index is -0.170. The first-order valence-electron chi connectivity index (χ1n) is 6.33. The standard InChI is InChI=1S/C15H21NO3/c1-11-7-12(2)9-14(8-11)19-6-5-16(4)15(18)10-13(3)17/h7-9H,5-6,10H2,1-4H3. The van der Waals surface area contributed by atoms with E-state index in [-0.39, 0.29) is 18.1 Å². The molecule has 19 heavy (non-hydrogen) atoms. The Morgan fingerprint density at radius 1 is 1.16 bits per heavy atom. The van der Waals surface area contributed by atoms with E-state index in [2.05, 4.69) is 6.07 Å². The summed E-state index contributed by atoms with van der Waals surface area (Å²) in [4.78, 5) is 23.9. The van der Waals surface area contributed by atoms with Crippen LogP contribution < -0.4 is 4.74 Å². The van der Waals surface area contributed by atoms with Gasteiger partial charge in [0.15, 0.2) is 0 Å². The Balaban J connectivity index is 2.41. The first-order valence-corrected chi connectivity index (χ1v) is 6.33. The van der Waals surface area contributed by atoms with Gasteiger partial charge >= 0.3 is 0 Å². The van der Waals surface area contributed by atoms with Crippen LogP contribution in [0.25, 0.3) is 0 Å². The second-order valence-electron chi connectivity index (χ2n) is 4.87. The predicted octanol–water partition coefficient (Wildman–Crippen LogP) is 2.12. The van der Waals surface area contributed by atoms with Gasteiger partial charge in [-0.3, -0.25) is 9.59 Å². The molecule has 0 bridgehead atoms. The number of Topliss-reactive ketones (excluding diaryl/α,β-unsaturated/α-hetero) is 1. The maximum Gasteiger partial charge on any atom is 0.229 e. The fourth-order valence-electron chi connectivity index (χ4n) is 1.79. The Bertz CT molecular complexity index is 448. The first-order chi connectivity index (χ1) is 8.88. The predicted molar refractivity (Wildman–Crippen MR) is 74.3 cm³/mol. The number of benzene rings is 1. The number of hydrogen-bond acceptors (Lipinski definition) is 3. The summed E-state index contributed by atoms with van der Waals surface area (Å²) in [7, 11) is 1.68. The SMILES string of the molecule is CC(=O)CC(=O)N(C)CCOc1cc(C)cc(C)c1. The van der Waals surface area contributed by atoms with Crippen molar-refractivity contribution >= 4 is 11.7 Å². The van der Waals surface area contributed by atoms with Crippen molar-refractivity contribution in [2.45, 2.75) is 27.2 Å². The lowest BCUT2D eigenvalue weighted by Crippen LogP contribution is -2.31. The van der Waals surface area contributed by atoms with E-state index in [9.17, 15) is 9.59 Å². The Hall–Kier alpha value is -1.84. The number of nitrogens with zero attached hydrogens (tertiary/aromatic N) is 1. The lowest BCUT2D eigenvalue weighted by atomic mass is 10.1. The van der Waals surface area contributed by atoms with Crippen LogP contribution in [0, 0.1) is 13.8 Å². The molecule has 0 spiro atoms. The highest BCUT2D eigenvalue weighted by atomic mass is 16.5. The minimum Gasteiger partial charge on any atom is -0.492 e. The summed E-state index contributed by atoms with van der Waals surface area (Å²) in [5.74, 6) is 0.522. The third-order valence-electron chi connectivity index (χ3n) is 2.72. The van der Waals surface area contributed by atoms with Gasteiger partial charge in [0.1, 0.15) is 18.1 Å².